The fourth-order valence-corrected chi connectivity index (χ4v) is 3.88. The van der Waals surface area contributed by atoms with E-state index in [0.717, 1.165) is 23.7 Å². The number of hydrogen-bond acceptors (Lipinski definition) is 5. The highest BCUT2D eigenvalue weighted by atomic mass is 19.1. The highest BCUT2D eigenvalue weighted by Gasteiger charge is 2.28. The summed E-state index contributed by atoms with van der Waals surface area (Å²) in [7, 11) is 0. The summed E-state index contributed by atoms with van der Waals surface area (Å²) in [4.78, 5) is 25.6. The number of anilines is 1. The summed E-state index contributed by atoms with van der Waals surface area (Å²) in [5.74, 6) is -0.661. The molecule has 7 nitrogen and oxygen atoms in total. The number of carbonyl (C=O) groups is 2. The fourth-order valence-electron chi connectivity index (χ4n) is 3.88. The van der Waals surface area contributed by atoms with Crippen LogP contribution in [0.2, 0.25) is 0 Å². The maximum Gasteiger partial charge on any atom is 0.410 e. The standard InChI is InChI=1S/C23H32FN3O4/c1-5-30-20(28)8-12-25-21-17-11-15-27(19(17)7-6-18(21)24)16-9-13-26(14-10-16)22(29)31-23(2,3)4/h6-7,11,15-16,25H,5,8-10,12-14H2,1-4H3. The average Bonchev–Trinajstić information content (AvgIpc) is 3.13. The van der Waals surface area contributed by atoms with E-state index >= 15 is 0 Å². The Bertz CT molecular complexity index is 927. The lowest BCUT2D eigenvalue weighted by atomic mass is 10.0. The summed E-state index contributed by atoms with van der Waals surface area (Å²) in [5.41, 5.74) is 0.813. The molecule has 1 N–H and O–H groups in total. The van der Waals surface area contributed by atoms with Crippen LogP contribution in [0.3, 0.4) is 0 Å². The normalized spacial score (nSPS) is 15.2. The first-order chi connectivity index (χ1) is 14.7. The fraction of sp³-hybridized carbons (Fsp3) is 0.565. The third-order valence-electron chi connectivity index (χ3n) is 5.30. The molecule has 1 aliphatic heterocycles. The molecular formula is C23H32FN3O4. The molecule has 1 aliphatic rings. The van der Waals surface area contributed by atoms with Crippen molar-refractivity contribution in [2.24, 2.45) is 0 Å². The van der Waals surface area contributed by atoms with Gasteiger partial charge in [-0.05, 0) is 58.7 Å². The largest absolute Gasteiger partial charge is 0.466 e. The summed E-state index contributed by atoms with van der Waals surface area (Å²) in [6.07, 6.45) is 3.46. The predicted molar refractivity (Wildman–Crippen MR) is 118 cm³/mol. The third-order valence-corrected chi connectivity index (χ3v) is 5.30. The minimum absolute atomic E-state index is 0.174. The summed E-state index contributed by atoms with van der Waals surface area (Å²) in [6.45, 7) is 9.21. The molecule has 8 heteroatoms. The van der Waals surface area contributed by atoms with Gasteiger partial charge < -0.3 is 24.3 Å². The Labute approximate surface area is 182 Å². The van der Waals surface area contributed by atoms with Crippen molar-refractivity contribution >= 4 is 28.7 Å². The quantitative estimate of drug-likeness (QED) is 0.668. The van der Waals surface area contributed by atoms with Crippen LogP contribution in [0, 0.1) is 5.82 Å². The molecule has 3 rings (SSSR count). The number of nitrogens with zero attached hydrogens (tertiary/aromatic N) is 2. The van der Waals surface area contributed by atoms with Gasteiger partial charge in [0.15, 0.2) is 0 Å². The van der Waals surface area contributed by atoms with E-state index in [9.17, 15) is 14.0 Å². The summed E-state index contributed by atoms with van der Waals surface area (Å²) < 4.78 is 27.0. The maximum absolute atomic E-state index is 14.5. The van der Waals surface area contributed by atoms with E-state index in [1.165, 1.54) is 6.07 Å². The van der Waals surface area contributed by atoms with Crippen molar-refractivity contribution in [2.45, 2.75) is 58.6 Å². The van der Waals surface area contributed by atoms with Gasteiger partial charge >= 0.3 is 12.1 Å². The first-order valence-electron chi connectivity index (χ1n) is 10.9. The van der Waals surface area contributed by atoms with Gasteiger partial charge in [-0.3, -0.25) is 4.79 Å². The highest BCUT2D eigenvalue weighted by molar-refractivity contribution is 5.93. The summed E-state index contributed by atoms with van der Waals surface area (Å²) in [6, 6.07) is 5.34. The van der Waals surface area contributed by atoms with Crippen molar-refractivity contribution < 1.29 is 23.5 Å². The summed E-state index contributed by atoms with van der Waals surface area (Å²) in [5, 5.41) is 3.82. The molecule has 2 heterocycles. The molecule has 0 atom stereocenters. The minimum atomic E-state index is -0.509. The van der Waals surface area contributed by atoms with Crippen LogP contribution in [0.5, 0.6) is 0 Å². The van der Waals surface area contributed by atoms with Crippen molar-refractivity contribution in [1.29, 1.82) is 0 Å². The van der Waals surface area contributed by atoms with Crippen LogP contribution in [-0.4, -0.2) is 53.4 Å². The number of halogens is 1. The van der Waals surface area contributed by atoms with Gasteiger partial charge in [-0.2, -0.15) is 0 Å². The van der Waals surface area contributed by atoms with E-state index in [1.54, 1.807) is 17.9 Å². The molecule has 1 amide bonds. The lowest BCUT2D eigenvalue weighted by Gasteiger charge is -2.34. The second-order valence-electron chi connectivity index (χ2n) is 8.76. The van der Waals surface area contributed by atoms with Crippen molar-refractivity contribution in [3.63, 3.8) is 0 Å². The zero-order valence-corrected chi connectivity index (χ0v) is 18.7. The Morgan fingerprint density at radius 3 is 2.55 bits per heavy atom. The molecule has 1 aromatic heterocycles. The Morgan fingerprint density at radius 2 is 1.90 bits per heavy atom. The number of amides is 1. The van der Waals surface area contributed by atoms with E-state index in [4.69, 9.17) is 9.47 Å². The van der Waals surface area contributed by atoms with Crippen LogP contribution in [0.1, 0.15) is 53.0 Å². The van der Waals surface area contributed by atoms with Gasteiger partial charge in [-0.15, -0.1) is 0 Å². The third kappa shape index (κ3) is 5.68. The van der Waals surface area contributed by atoms with Gasteiger partial charge in [0, 0.05) is 37.3 Å². The molecule has 31 heavy (non-hydrogen) atoms. The molecule has 170 valence electrons. The van der Waals surface area contributed by atoms with E-state index < -0.39 is 5.60 Å². The van der Waals surface area contributed by atoms with Crippen LogP contribution in [0.15, 0.2) is 24.4 Å². The molecule has 1 aromatic carbocycles. The number of aromatic nitrogens is 1. The second kappa shape index (κ2) is 9.58. The van der Waals surface area contributed by atoms with Crippen LogP contribution in [0.25, 0.3) is 10.9 Å². The molecule has 0 spiro atoms. The number of fused-ring (bicyclic) bond motifs is 1. The molecule has 0 aliphatic carbocycles. The lowest BCUT2D eigenvalue weighted by Crippen LogP contribution is -2.42. The first-order valence-corrected chi connectivity index (χ1v) is 10.9. The molecule has 0 unspecified atom stereocenters. The molecule has 0 saturated carbocycles. The van der Waals surface area contributed by atoms with Gasteiger partial charge in [0.1, 0.15) is 11.4 Å². The van der Waals surface area contributed by atoms with Crippen LogP contribution >= 0.6 is 0 Å². The van der Waals surface area contributed by atoms with Gasteiger partial charge in [0.2, 0.25) is 0 Å². The number of ether oxygens (including phenoxy) is 2. The zero-order chi connectivity index (χ0) is 22.6. The number of nitrogens with one attached hydrogen (secondary N) is 1. The van der Waals surface area contributed by atoms with Gasteiger partial charge in [-0.1, -0.05) is 0 Å². The smallest absolute Gasteiger partial charge is 0.410 e. The zero-order valence-electron chi connectivity index (χ0n) is 18.7. The van der Waals surface area contributed by atoms with E-state index in [-0.39, 0.29) is 30.3 Å². The predicted octanol–water partition coefficient (Wildman–Crippen LogP) is 4.72. The number of likely N-dealkylation sites (tertiary alicyclic amines) is 1. The number of carbonyl (C=O) groups excluding carboxylic acids is 2. The average molecular weight is 434 g/mol. The van der Waals surface area contributed by atoms with Gasteiger partial charge in [0.05, 0.1) is 24.2 Å². The Balaban J connectivity index is 1.68. The van der Waals surface area contributed by atoms with Gasteiger partial charge in [-0.25, -0.2) is 9.18 Å². The Hall–Kier alpha value is -2.77. The number of hydrogen-bond donors (Lipinski definition) is 1. The molecule has 0 radical (unpaired) electrons. The van der Waals surface area contributed by atoms with Crippen molar-refractivity contribution in [1.82, 2.24) is 9.47 Å². The number of piperidine rings is 1. The molecule has 1 saturated heterocycles. The Morgan fingerprint density at radius 1 is 1.19 bits per heavy atom. The Kier molecular flexibility index (Phi) is 7.08. The van der Waals surface area contributed by atoms with Crippen molar-refractivity contribution in [3.8, 4) is 0 Å². The number of esters is 1. The van der Waals surface area contributed by atoms with Crippen molar-refractivity contribution in [2.75, 3.05) is 31.6 Å². The number of rotatable bonds is 6. The van der Waals surface area contributed by atoms with Crippen LogP contribution < -0.4 is 5.32 Å². The molecule has 1 fully saturated rings. The first kappa shape index (κ1) is 22.9. The minimum Gasteiger partial charge on any atom is -0.466 e. The van der Waals surface area contributed by atoms with Gasteiger partial charge in [0.25, 0.3) is 0 Å². The summed E-state index contributed by atoms with van der Waals surface area (Å²) >= 11 is 0. The highest BCUT2D eigenvalue weighted by Crippen LogP contribution is 2.33. The van der Waals surface area contributed by atoms with E-state index in [1.807, 2.05) is 33.0 Å². The monoisotopic (exact) mass is 433 g/mol. The molecular weight excluding hydrogens is 401 g/mol. The van der Waals surface area contributed by atoms with Crippen LogP contribution in [-0.2, 0) is 14.3 Å². The topological polar surface area (TPSA) is 72.8 Å². The van der Waals surface area contributed by atoms with Crippen LogP contribution in [0.4, 0.5) is 14.9 Å². The van der Waals surface area contributed by atoms with Crippen molar-refractivity contribution in [3.05, 3.63) is 30.2 Å². The maximum atomic E-state index is 14.5. The van der Waals surface area contributed by atoms with E-state index in [2.05, 4.69) is 9.88 Å². The molecule has 0 bridgehead atoms. The second-order valence-corrected chi connectivity index (χ2v) is 8.76. The van der Waals surface area contributed by atoms with E-state index in [0.29, 0.717) is 31.9 Å². The number of benzene rings is 1. The lowest BCUT2D eigenvalue weighted by molar-refractivity contribution is -0.142. The molecule has 2 aromatic rings. The SMILES string of the molecule is CCOC(=O)CCNc1c(F)ccc2c1ccn2C1CCN(C(=O)OC(C)(C)C)CC1.